The SMILES string of the molecule is CC1(C)CCOC1CI. The lowest BCUT2D eigenvalue weighted by molar-refractivity contribution is 0.0860. The fourth-order valence-electron chi connectivity index (χ4n) is 1.10. The molecule has 9 heavy (non-hydrogen) atoms. The van der Waals surface area contributed by atoms with E-state index >= 15 is 0 Å². The number of ether oxygens (including phenoxy) is 1. The van der Waals surface area contributed by atoms with Crippen LogP contribution in [0.2, 0.25) is 0 Å². The summed E-state index contributed by atoms with van der Waals surface area (Å²) in [6, 6.07) is 0. The first-order valence-electron chi connectivity index (χ1n) is 3.34. The third-order valence-electron chi connectivity index (χ3n) is 2.08. The molecule has 0 amide bonds. The van der Waals surface area contributed by atoms with E-state index in [0.717, 1.165) is 11.0 Å². The van der Waals surface area contributed by atoms with Gasteiger partial charge in [0.15, 0.2) is 0 Å². The fraction of sp³-hybridized carbons (Fsp3) is 1.00. The van der Waals surface area contributed by atoms with E-state index in [1.807, 2.05) is 0 Å². The van der Waals surface area contributed by atoms with E-state index in [1.165, 1.54) is 6.42 Å². The van der Waals surface area contributed by atoms with Crippen LogP contribution < -0.4 is 0 Å². The molecule has 0 saturated carbocycles. The summed E-state index contributed by atoms with van der Waals surface area (Å²) in [7, 11) is 0. The molecule has 0 aromatic carbocycles. The van der Waals surface area contributed by atoms with Crippen molar-refractivity contribution < 1.29 is 4.74 Å². The molecular weight excluding hydrogens is 227 g/mol. The van der Waals surface area contributed by atoms with Crippen LogP contribution in [0.4, 0.5) is 0 Å². The summed E-state index contributed by atoms with van der Waals surface area (Å²) in [6.07, 6.45) is 1.72. The van der Waals surface area contributed by atoms with Gasteiger partial charge in [0.1, 0.15) is 0 Å². The summed E-state index contributed by atoms with van der Waals surface area (Å²) >= 11 is 2.39. The zero-order valence-electron chi connectivity index (χ0n) is 5.98. The number of hydrogen-bond donors (Lipinski definition) is 0. The van der Waals surface area contributed by atoms with E-state index in [0.29, 0.717) is 11.5 Å². The van der Waals surface area contributed by atoms with Crippen molar-refractivity contribution in [1.82, 2.24) is 0 Å². The molecule has 1 atom stereocenters. The van der Waals surface area contributed by atoms with Gasteiger partial charge in [0.25, 0.3) is 0 Å². The van der Waals surface area contributed by atoms with E-state index in [2.05, 4.69) is 36.4 Å². The van der Waals surface area contributed by atoms with Gasteiger partial charge >= 0.3 is 0 Å². The smallest absolute Gasteiger partial charge is 0.0716 e. The van der Waals surface area contributed by atoms with Crippen molar-refractivity contribution in [2.75, 3.05) is 11.0 Å². The van der Waals surface area contributed by atoms with Crippen molar-refractivity contribution in [2.24, 2.45) is 5.41 Å². The second-order valence-electron chi connectivity index (χ2n) is 3.25. The molecule has 1 aliphatic rings. The van der Waals surface area contributed by atoms with E-state index in [1.54, 1.807) is 0 Å². The second kappa shape index (κ2) is 2.74. The highest BCUT2D eigenvalue weighted by Crippen LogP contribution is 2.34. The lowest BCUT2D eigenvalue weighted by atomic mass is 9.87. The summed E-state index contributed by atoms with van der Waals surface area (Å²) in [5.74, 6) is 0. The van der Waals surface area contributed by atoms with Crippen molar-refractivity contribution in [3.05, 3.63) is 0 Å². The molecule has 0 aliphatic carbocycles. The zero-order chi connectivity index (χ0) is 6.91. The Balaban J connectivity index is 2.52. The van der Waals surface area contributed by atoms with E-state index in [4.69, 9.17) is 4.74 Å². The van der Waals surface area contributed by atoms with Gasteiger partial charge in [0, 0.05) is 11.0 Å². The van der Waals surface area contributed by atoms with Gasteiger partial charge in [0.05, 0.1) is 6.10 Å². The molecule has 1 nitrogen and oxygen atoms in total. The highest BCUT2D eigenvalue weighted by molar-refractivity contribution is 14.1. The molecule has 54 valence electrons. The van der Waals surface area contributed by atoms with Crippen molar-refractivity contribution in [3.63, 3.8) is 0 Å². The van der Waals surface area contributed by atoms with E-state index in [9.17, 15) is 0 Å². The minimum Gasteiger partial charge on any atom is -0.377 e. The van der Waals surface area contributed by atoms with Crippen LogP contribution in [0.3, 0.4) is 0 Å². The summed E-state index contributed by atoms with van der Waals surface area (Å²) in [5.41, 5.74) is 0.432. The Morgan fingerprint density at radius 1 is 1.67 bits per heavy atom. The van der Waals surface area contributed by atoms with Gasteiger partial charge in [-0.3, -0.25) is 0 Å². The standard InChI is InChI=1S/C7H13IO/c1-7(2)3-4-9-6(7)5-8/h6H,3-5H2,1-2H3. The maximum atomic E-state index is 5.51. The maximum absolute atomic E-state index is 5.51. The van der Waals surface area contributed by atoms with Gasteiger partial charge in [0.2, 0.25) is 0 Å². The molecule has 0 radical (unpaired) electrons. The Bertz CT molecular complexity index is 101. The highest BCUT2D eigenvalue weighted by atomic mass is 127. The van der Waals surface area contributed by atoms with Crippen molar-refractivity contribution in [1.29, 1.82) is 0 Å². The first-order valence-corrected chi connectivity index (χ1v) is 4.87. The maximum Gasteiger partial charge on any atom is 0.0716 e. The van der Waals surface area contributed by atoms with Crippen LogP contribution in [-0.4, -0.2) is 17.1 Å². The van der Waals surface area contributed by atoms with Crippen molar-refractivity contribution in [2.45, 2.75) is 26.4 Å². The summed E-state index contributed by atoms with van der Waals surface area (Å²) in [4.78, 5) is 0. The number of halogens is 1. The van der Waals surface area contributed by atoms with Crippen LogP contribution in [0.5, 0.6) is 0 Å². The Labute approximate surface area is 70.3 Å². The Hall–Kier alpha value is 0.690. The lowest BCUT2D eigenvalue weighted by Crippen LogP contribution is -2.25. The molecule has 1 heterocycles. The first-order chi connectivity index (χ1) is 4.17. The zero-order valence-corrected chi connectivity index (χ0v) is 8.14. The van der Waals surface area contributed by atoms with Gasteiger partial charge < -0.3 is 4.74 Å². The molecule has 0 spiro atoms. The summed E-state index contributed by atoms with van der Waals surface area (Å²) < 4.78 is 6.64. The lowest BCUT2D eigenvalue weighted by Gasteiger charge is -2.22. The van der Waals surface area contributed by atoms with Crippen molar-refractivity contribution >= 4 is 22.6 Å². The van der Waals surface area contributed by atoms with Gasteiger partial charge in [-0.05, 0) is 11.8 Å². The van der Waals surface area contributed by atoms with Gasteiger partial charge in [-0.1, -0.05) is 36.4 Å². The third kappa shape index (κ3) is 1.58. The summed E-state index contributed by atoms with van der Waals surface area (Å²) in [6.45, 7) is 5.52. The second-order valence-corrected chi connectivity index (χ2v) is 4.13. The molecular formula is C7H13IO. The quantitative estimate of drug-likeness (QED) is 0.504. The first kappa shape index (κ1) is 7.79. The molecule has 1 unspecified atom stereocenters. The fourth-order valence-corrected chi connectivity index (χ4v) is 2.55. The van der Waals surface area contributed by atoms with Crippen LogP contribution in [0.1, 0.15) is 20.3 Å². The molecule has 1 rings (SSSR count). The molecule has 0 bridgehead atoms. The molecule has 1 saturated heterocycles. The Morgan fingerprint density at radius 3 is 2.56 bits per heavy atom. The molecule has 2 heteroatoms. The molecule has 1 fully saturated rings. The molecule has 1 aliphatic heterocycles. The van der Waals surface area contributed by atoms with Crippen LogP contribution in [0.15, 0.2) is 0 Å². The molecule has 0 aromatic heterocycles. The number of alkyl halides is 1. The van der Waals surface area contributed by atoms with Gasteiger partial charge in [-0.2, -0.15) is 0 Å². The third-order valence-corrected chi connectivity index (χ3v) is 2.88. The van der Waals surface area contributed by atoms with E-state index < -0.39 is 0 Å². The van der Waals surface area contributed by atoms with Gasteiger partial charge in [-0.25, -0.2) is 0 Å². The van der Waals surface area contributed by atoms with Crippen molar-refractivity contribution in [3.8, 4) is 0 Å². The van der Waals surface area contributed by atoms with E-state index in [-0.39, 0.29) is 0 Å². The predicted octanol–water partition coefficient (Wildman–Crippen LogP) is 2.24. The minimum atomic E-state index is 0.432. The number of hydrogen-bond acceptors (Lipinski definition) is 1. The average molecular weight is 240 g/mol. The molecule has 0 aromatic rings. The average Bonchev–Trinajstić information content (AvgIpc) is 2.08. The normalized spacial score (nSPS) is 33.0. The van der Waals surface area contributed by atoms with Crippen LogP contribution in [-0.2, 0) is 4.74 Å². The largest absolute Gasteiger partial charge is 0.377 e. The van der Waals surface area contributed by atoms with Gasteiger partial charge in [-0.15, -0.1) is 0 Å². The predicted molar refractivity (Wildman–Crippen MR) is 47.0 cm³/mol. The van der Waals surface area contributed by atoms with Crippen LogP contribution in [0, 0.1) is 5.41 Å². The molecule has 0 N–H and O–H groups in total. The number of rotatable bonds is 1. The van der Waals surface area contributed by atoms with Crippen LogP contribution >= 0.6 is 22.6 Å². The summed E-state index contributed by atoms with van der Waals surface area (Å²) in [5, 5.41) is 0. The monoisotopic (exact) mass is 240 g/mol. The Kier molecular flexibility index (Phi) is 2.37. The minimum absolute atomic E-state index is 0.432. The van der Waals surface area contributed by atoms with Crippen LogP contribution in [0.25, 0.3) is 0 Å². The topological polar surface area (TPSA) is 9.23 Å². The Morgan fingerprint density at radius 2 is 2.33 bits per heavy atom. The highest BCUT2D eigenvalue weighted by Gasteiger charge is 2.34.